The average molecular weight is 231 g/mol. The van der Waals surface area contributed by atoms with E-state index in [9.17, 15) is 13.2 Å². The van der Waals surface area contributed by atoms with E-state index in [1.54, 1.807) is 5.06 Å². The Bertz CT molecular complexity index is 360. The van der Waals surface area contributed by atoms with Gasteiger partial charge < -0.3 is 0 Å². The monoisotopic (exact) mass is 231 g/mol. The average Bonchev–Trinajstić information content (AvgIpc) is 2.64. The van der Waals surface area contributed by atoms with E-state index in [2.05, 4.69) is 0 Å². The highest BCUT2D eigenvalue weighted by atomic mass is 19.4. The fourth-order valence-electron chi connectivity index (χ4n) is 1.63. The highest BCUT2D eigenvalue weighted by Gasteiger charge is 2.30. The number of rotatable bonds is 1. The number of anilines is 1. The topological polar surface area (TPSA) is 12.5 Å². The molecule has 0 bridgehead atoms. The summed E-state index contributed by atoms with van der Waals surface area (Å²) in [4.78, 5) is 5.42. The summed E-state index contributed by atoms with van der Waals surface area (Å²) in [5, 5.41) is 1.63. The lowest BCUT2D eigenvalue weighted by atomic mass is 10.2. The molecular formula is C11H12F3NO. The number of hydrogen-bond acceptors (Lipinski definition) is 2. The Morgan fingerprint density at radius 2 is 1.88 bits per heavy atom. The Labute approximate surface area is 91.6 Å². The normalized spacial score (nSPS) is 21.5. The van der Waals surface area contributed by atoms with Crippen molar-refractivity contribution in [3.63, 3.8) is 0 Å². The van der Waals surface area contributed by atoms with Crippen molar-refractivity contribution in [1.29, 1.82) is 0 Å². The molecule has 2 nitrogen and oxygen atoms in total. The van der Waals surface area contributed by atoms with Crippen LogP contribution < -0.4 is 5.06 Å². The van der Waals surface area contributed by atoms with Gasteiger partial charge in [-0.1, -0.05) is 0 Å². The van der Waals surface area contributed by atoms with Crippen LogP contribution in [0.5, 0.6) is 0 Å². The van der Waals surface area contributed by atoms with Crippen LogP contribution in [-0.2, 0) is 11.0 Å². The molecule has 1 unspecified atom stereocenters. The molecular weight excluding hydrogens is 219 g/mol. The van der Waals surface area contributed by atoms with E-state index in [0.29, 0.717) is 12.2 Å². The van der Waals surface area contributed by atoms with Crippen molar-refractivity contribution in [2.45, 2.75) is 25.6 Å². The van der Waals surface area contributed by atoms with Crippen LogP contribution in [0, 0.1) is 0 Å². The van der Waals surface area contributed by atoms with E-state index >= 15 is 0 Å². The standard InChI is InChI=1S/C11H12F3NO/c1-8-6-7-15(16-8)10-4-2-9(3-5-10)11(12,13)14/h2-5,8H,6-7H2,1H3. The summed E-state index contributed by atoms with van der Waals surface area (Å²) in [5.41, 5.74) is 0.0286. The van der Waals surface area contributed by atoms with Crippen molar-refractivity contribution in [3.8, 4) is 0 Å². The molecule has 88 valence electrons. The fourth-order valence-corrected chi connectivity index (χ4v) is 1.63. The van der Waals surface area contributed by atoms with E-state index in [0.717, 1.165) is 18.6 Å². The van der Waals surface area contributed by atoms with Gasteiger partial charge in [0, 0.05) is 6.54 Å². The predicted molar refractivity (Wildman–Crippen MR) is 54.0 cm³/mol. The van der Waals surface area contributed by atoms with Crippen molar-refractivity contribution >= 4 is 5.69 Å². The Hall–Kier alpha value is -1.23. The number of benzene rings is 1. The maximum Gasteiger partial charge on any atom is 0.416 e. The van der Waals surface area contributed by atoms with Crippen molar-refractivity contribution in [2.24, 2.45) is 0 Å². The van der Waals surface area contributed by atoms with Crippen LogP contribution in [0.15, 0.2) is 24.3 Å². The smallest absolute Gasteiger partial charge is 0.270 e. The highest BCUT2D eigenvalue weighted by molar-refractivity contribution is 5.46. The quantitative estimate of drug-likeness (QED) is 0.735. The van der Waals surface area contributed by atoms with Gasteiger partial charge in [-0.25, -0.2) is 0 Å². The highest BCUT2D eigenvalue weighted by Crippen LogP contribution is 2.31. The molecule has 0 aromatic heterocycles. The minimum atomic E-state index is -4.28. The Morgan fingerprint density at radius 1 is 1.25 bits per heavy atom. The largest absolute Gasteiger partial charge is 0.416 e. The third-order valence-corrected chi connectivity index (χ3v) is 2.53. The van der Waals surface area contributed by atoms with E-state index < -0.39 is 11.7 Å². The molecule has 1 fully saturated rings. The number of halogens is 3. The molecule has 1 aliphatic rings. The van der Waals surface area contributed by atoms with Gasteiger partial charge in [-0.2, -0.15) is 13.2 Å². The molecule has 0 amide bonds. The van der Waals surface area contributed by atoms with Crippen LogP contribution in [0.4, 0.5) is 18.9 Å². The lowest BCUT2D eigenvalue weighted by molar-refractivity contribution is -0.137. The second kappa shape index (κ2) is 3.97. The van der Waals surface area contributed by atoms with Crippen molar-refractivity contribution in [3.05, 3.63) is 29.8 Å². The second-order valence-corrected chi connectivity index (χ2v) is 3.85. The van der Waals surface area contributed by atoms with Crippen molar-refractivity contribution in [2.75, 3.05) is 11.6 Å². The first-order valence-corrected chi connectivity index (χ1v) is 5.08. The summed E-state index contributed by atoms with van der Waals surface area (Å²) in [7, 11) is 0. The van der Waals surface area contributed by atoms with Crippen molar-refractivity contribution in [1.82, 2.24) is 0 Å². The minimum Gasteiger partial charge on any atom is -0.270 e. The van der Waals surface area contributed by atoms with Gasteiger partial charge >= 0.3 is 6.18 Å². The van der Waals surface area contributed by atoms with Crippen molar-refractivity contribution < 1.29 is 18.0 Å². The first-order valence-electron chi connectivity index (χ1n) is 5.08. The van der Waals surface area contributed by atoms with Gasteiger partial charge in [-0.15, -0.1) is 0 Å². The third-order valence-electron chi connectivity index (χ3n) is 2.53. The van der Waals surface area contributed by atoms with Gasteiger partial charge in [-0.05, 0) is 37.6 Å². The molecule has 5 heteroatoms. The molecule has 1 aliphatic heterocycles. The maximum atomic E-state index is 12.3. The first kappa shape index (κ1) is 11.3. The van der Waals surface area contributed by atoms with Gasteiger partial charge in [-0.3, -0.25) is 9.90 Å². The summed E-state index contributed by atoms with van der Waals surface area (Å²) >= 11 is 0. The van der Waals surface area contributed by atoms with Crippen LogP contribution in [0.2, 0.25) is 0 Å². The zero-order valence-corrected chi connectivity index (χ0v) is 8.79. The van der Waals surface area contributed by atoms with Gasteiger partial charge in [0.05, 0.1) is 17.4 Å². The van der Waals surface area contributed by atoms with Crippen LogP contribution >= 0.6 is 0 Å². The molecule has 0 saturated carbocycles. The van der Waals surface area contributed by atoms with Crippen LogP contribution in [0.25, 0.3) is 0 Å². The minimum absolute atomic E-state index is 0.127. The Kier molecular flexibility index (Phi) is 2.80. The lowest BCUT2D eigenvalue weighted by Crippen LogP contribution is -2.17. The van der Waals surface area contributed by atoms with Gasteiger partial charge in [0.25, 0.3) is 0 Å². The molecule has 0 N–H and O–H groups in total. The summed E-state index contributed by atoms with van der Waals surface area (Å²) in [5.74, 6) is 0. The Balaban J connectivity index is 2.14. The molecule has 2 rings (SSSR count). The van der Waals surface area contributed by atoms with Gasteiger partial charge in [0.1, 0.15) is 0 Å². The summed E-state index contributed by atoms with van der Waals surface area (Å²) < 4.78 is 36.9. The second-order valence-electron chi connectivity index (χ2n) is 3.85. The molecule has 1 aromatic carbocycles. The summed E-state index contributed by atoms with van der Waals surface area (Å²) in [6.45, 7) is 2.65. The van der Waals surface area contributed by atoms with Crippen LogP contribution in [0.1, 0.15) is 18.9 Å². The first-order chi connectivity index (χ1) is 7.47. The molecule has 0 radical (unpaired) electrons. The Morgan fingerprint density at radius 3 is 2.31 bits per heavy atom. The maximum absolute atomic E-state index is 12.3. The predicted octanol–water partition coefficient (Wildman–Crippen LogP) is 3.24. The number of hydrogen-bond donors (Lipinski definition) is 0. The number of hydroxylamine groups is 1. The van der Waals surface area contributed by atoms with Gasteiger partial charge in [0.2, 0.25) is 0 Å². The molecule has 16 heavy (non-hydrogen) atoms. The molecule has 0 aliphatic carbocycles. The molecule has 1 aromatic rings. The fraction of sp³-hybridized carbons (Fsp3) is 0.455. The summed E-state index contributed by atoms with van der Waals surface area (Å²) in [6.07, 6.45) is -3.26. The molecule has 1 heterocycles. The molecule has 1 atom stereocenters. The number of nitrogens with zero attached hydrogens (tertiary/aromatic N) is 1. The zero-order valence-electron chi connectivity index (χ0n) is 8.79. The lowest BCUT2D eigenvalue weighted by Gasteiger charge is -2.17. The molecule has 0 spiro atoms. The third kappa shape index (κ3) is 2.29. The number of alkyl halides is 3. The van der Waals surface area contributed by atoms with Crippen LogP contribution in [0.3, 0.4) is 0 Å². The SMILES string of the molecule is CC1CCN(c2ccc(C(F)(F)F)cc2)O1. The van der Waals surface area contributed by atoms with Gasteiger partial charge in [0.15, 0.2) is 0 Å². The van der Waals surface area contributed by atoms with E-state index in [1.165, 1.54) is 12.1 Å². The van der Waals surface area contributed by atoms with E-state index in [-0.39, 0.29) is 6.10 Å². The van der Waals surface area contributed by atoms with E-state index in [4.69, 9.17) is 4.84 Å². The zero-order chi connectivity index (χ0) is 11.8. The molecule has 1 saturated heterocycles. The van der Waals surface area contributed by atoms with Crippen LogP contribution in [-0.4, -0.2) is 12.6 Å². The summed E-state index contributed by atoms with van der Waals surface area (Å²) in [6, 6.07) is 5.01. The van der Waals surface area contributed by atoms with E-state index in [1.807, 2.05) is 6.92 Å².